The minimum Gasteiger partial charge on any atom is -0.497 e. The summed E-state index contributed by atoms with van der Waals surface area (Å²) in [6.07, 6.45) is 5.53. The monoisotopic (exact) mass is 380 g/mol. The second kappa shape index (κ2) is 8.25. The van der Waals surface area contributed by atoms with Crippen LogP contribution in [0.1, 0.15) is 29.8 Å². The molecule has 5 nitrogen and oxygen atoms in total. The Morgan fingerprint density at radius 2 is 1.82 bits per heavy atom. The van der Waals surface area contributed by atoms with Crippen LogP contribution in [-0.2, 0) is 19.4 Å². The molecule has 6 heteroatoms. The van der Waals surface area contributed by atoms with Crippen LogP contribution in [0.5, 0.6) is 23.1 Å². The van der Waals surface area contributed by atoms with E-state index in [0.29, 0.717) is 11.6 Å². The average Bonchev–Trinajstić information content (AvgIpc) is 2.74. The molecule has 0 atom stereocenters. The number of hydrogen-bond donors (Lipinski definition) is 0. The summed E-state index contributed by atoms with van der Waals surface area (Å²) in [7, 11) is 1.63. The lowest BCUT2D eigenvalue weighted by atomic mass is 9.95. The van der Waals surface area contributed by atoms with Crippen LogP contribution >= 0.6 is 0 Å². The molecule has 0 saturated heterocycles. The van der Waals surface area contributed by atoms with E-state index in [9.17, 15) is 4.39 Å². The van der Waals surface area contributed by atoms with Crippen LogP contribution in [0.4, 0.5) is 4.39 Å². The Labute approximate surface area is 163 Å². The van der Waals surface area contributed by atoms with Gasteiger partial charge in [-0.3, -0.25) is 4.98 Å². The molecule has 0 aliphatic heterocycles. The predicted octanol–water partition coefficient (Wildman–Crippen LogP) is 4.87. The van der Waals surface area contributed by atoms with E-state index >= 15 is 0 Å². The van der Waals surface area contributed by atoms with Gasteiger partial charge in [0.2, 0.25) is 5.88 Å². The maximum absolute atomic E-state index is 13.8. The lowest BCUT2D eigenvalue weighted by Gasteiger charge is -2.20. The van der Waals surface area contributed by atoms with Crippen molar-refractivity contribution in [2.24, 2.45) is 0 Å². The first-order chi connectivity index (χ1) is 13.7. The quantitative estimate of drug-likeness (QED) is 0.610. The molecule has 0 N–H and O–H groups in total. The first kappa shape index (κ1) is 18.2. The van der Waals surface area contributed by atoms with Crippen molar-refractivity contribution >= 4 is 0 Å². The number of aromatic nitrogens is 2. The maximum Gasteiger partial charge on any atom is 0.217 e. The highest BCUT2D eigenvalue weighted by molar-refractivity contribution is 5.45. The molecule has 0 saturated carbocycles. The van der Waals surface area contributed by atoms with Crippen LogP contribution in [0.25, 0.3) is 0 Å². The number of methoxy groups -OCH3 is 1. The van der Waals surface area contributed by atoms with Gasteiger partial charge in [-0.25, -0.2) is 9.37 Å². The van der Waals surface area contributed by atoms with Crippen LogP contribution in [0.3, 0.4) is 0 Å². The summed E-state index contributed by atoms with van der Waals surface area (Å²) in [5, 5.41) is 0. The van der Waals surface area contributed by atoms with Crippen LogP contribution in [0.15, 0.2) is 48.7 Å². The van der Waals surface area contributed by atoms with Crippen LogP contribution in [-0.4, -0.2) is 17.1 Å². The lowest BCUT2D eigenvalue weighted by molar-refractivity contribution is 0.279. The molecule has 0 fully saturated rings. The predicted molar refractivity (Wildman–Crippen MR) is 102 cm³/mol. The number of benzene rings is 1. The lowest BCUT2D eigenvalue weighted by Crippen LogP contribution is -2.09. The molecule has 0 spiro atoms. The van der Waals surface area contributed by atoms with Crippen LogP contribution < -0.4 is 14.2 Å². The number of ether oxygens (including phenoxy) is 3. The molecule has 28 heavy (non-hydrogen) atoms. The van der Waals surface area contributed by atoms with Gasteiger partial charge in [0.15, 0.2) is 0 Å². The third kappa shape index (κ3) is 4.06. The Bertz CT molecular complexity index is 960. The third-order valence-electron chi connectivity index (χ3n) is 4.71. The van der Waals surface area contributed by atoms with E-state index in [1.54, 1.807) is 25.4 Å². The van der Waals surface area contributed by atoms with E-state index in [2.05, 4.69) is 9.97 Å². The van der Waals surface area contributed by atoms with Gasteiger partial charge < -0.3 is 14.2 Å². The van der Waals surface area contributed by atoms with Crippen LogP contribution in [0, 0.1) is 5.82 Å². The SMILES string of the molecule is COc1ccc(Oc2cc(OCc3ncccc3F)nc3c2CCCC3)cc1. The number of halogens is 1. The highest BCUT2D eigenvalue weighted by Crippen LogP contribution is 2.35. The molecule has 1 aromatic carbocycles. The number of aryl methyl sites for hydroxylation is 1. The Balaban J connectivity index is 1.59. The molecule has 3 aromatic rings. The number of rotatable bonds is 6. The van der Waals surface area contributed by atoms with Crippen molar-refractivity contribution in [1.29, 1.82) is 0 Å². The molecular formula is C22H21FN2O3. The van der Waals surface area contributed by atoms with Crippen molar-refractivity contribution < 1.29 is 18.6 Å². The minimum atomic E-state index is -0.393. The molecule has 0 bridgehead atoms. The number of nitrogens with zero attached hydrogens (tertiary/aromatic N) is 2. The zero-order valence-electron chi connectivity index (χ0n) is 15.7. The van der Waals surface area contributed by atoms with Gasteiger partial charge in [-0.2, -0.15) is 0 Å². The van der Waals surface area contributed by atoms with Crippen molar-refractivity contribution in [2.45, 2.75) is 32.3 Å². The normalized spacial score (nSPS) is 12.9. The molecule has 4 rings (SSSR count). The summed E-state index contributed by atoms with van der Waals surface area (Å²) < 4.78 is 30.9. The molecule has 0 radical (unpaired) electrons. The highest BCUT2D eigenvalue weighted by atomic mass is 19.1. The van der Waals surface area contributed by atoms with Gasteiger partial charge in [0.1, 0.15) is 35.4 Å². The minimum absolute atomic E-state index is 0.0143. The third-order valence-corrected chi connectivity index (χ3v) is 4.71. The molecule has 0 amide bonds. The molecule has 2 aromatic heterocycles. The molecule has 1 aliphatic rings. The van der Waals surface area contributed by atoms with Crippen molar-refractivity contribution in [2.75, 3.05) is 7.11 Å². The fraction of sp³-hybridized carbons (Fsp3) is 0.273. The van der Waals surface area contributed by atoms with Crippen molar-refractivity contribution in [3.8, 4) is 23.1 Å². The first-order valence-electron chi connectivity index (χ1n) is 9.30. The maximum atomic E-state index is 13.8. The summed E-state index contributed by atoms with van der Waals surface area (Å²) in [4.78, 5) is 8.63. The van der Waals surface area contributed by atoms with E-state index in [1.807, 2.05) is 24.3 Å². The second-order valence-corrected chi connectivity index (χ2v) is 6.59. The van der Waals surface area contributed by atoms with Crippen molar-refractivity contribution in [3.05, 3.63) is 71.4 Å². The number of hydrogen-bond acceptors (Lipinski definition) is 5. The van der Waals surface area contributed by atoms with Gasteiger partial charge in [0.05, 0.1) is 12.8 Å². The Kier molecular flexibility index (Phi) is 5.37. The summed E-state index contributed by atoms with van der Waals surface area (Å²) in [6.45, 7) is 0.0143. The fourth-order valence-corrected chi connectivity index (χ4v) is 3.25. The van der Waals surface area contributed by atoms with Gasteiger partial charge in [-0.1, -0.05) is 0 Å². The summed E-state index contributed by atoms with van der Waals surface area (Å²) in [6, 6.07) is 12.1. The zero-order chi connectivity index (χ0) is 19.3. The van der Waals surface area contributed by atoms with Gasteiger partial charge >= 0.3 is 0 Å². The standard InChI is InChI=1S/C22H21FN2O3/c1-26-15-8-10-16(11-9-15)28-21-13-22(25-19-7-3-2-5-17(19)21)27-14-20-18(23)6-4-12-24-20/h4,6,8-13H,2-3,5,7,14H2,1H3. The first-order valence-corrected chi connectivity index (χ1v) is 9.30. The van der Waals surface area contributed by atoms with Gasteiger partial charge in [-0.15, -0.1) is 0 Å². The summed E-state index contributed by atoms with van der Waals surface area (Å²) in [5.41, 5.74) is 2.34. The van der Waals surface area contributed by atoms with Gasteiger partial charge in [-0.05, 0) is 62.1 Å². The molecule has 2 heterocycles. The molecule has 0 unspecified atom stereocenters. The van der Waals surface area contributed by atoms with Crippen molar-refractivity contribution in [3.63, 3.8) is 0 Å². The van der Waals surface area contributed by atoms with E-state index in [1.165, 1.54) is 6.07 Å². The van der Waals surface area contributed by atoms with E-state index < -0.39 is 5.82 Å². The molecule has 1 aliphatic carbocycles. The fourth-order valence-electron chi connectivity index (χ4n) is 3.25. The zero-order valence-corrected chi connectivity index (χ0v) is 15.7. The Morgan fingerprint density at radius 1 is 1.04 bits per heavy atom. The Hall–Kier alpha value is -3.15. The van der Waals surface area contributed by atoms with Crippen LogP contribution in [0.2, 0.25) is 0 Å². The topological polar surface area (TPSA) is 53.5 Å². The van der Waals surface area contributed by atoms with Gasteiger partial charge in [0.25, 0.3) is 0 Å². The second-order valence-electron chi connectivity index (χ2n) is 6.59. The van der Waals surface area contributed by atoms with Crippen molar-refractivity contribution in [1.82, 2.24) is 9.97 Å². The number of pyridine rings is 2. The van der Waals surface area contributed by atoms with Gasteiger partial charge in [0, 0.05) is 17.8 Å². The van der Waals surface area contributed by atoms with E-state index in [4.69, 9.17) is 14.2 Å². The van der Waals surface area contributed by atoms with E-state index in [0.717, 1.165) is 48.4 Å². The molecular weight excluding hydrogens is 359 g/mol. The average molecular weight is 380 g/mol. The smallest absolute Gasteiger partial charge is 0.217 e. The summed E-state index contributed by atoms with van der Waals surface area (Å²) >= 11 is 0. The Morgan fingerprint density at radius 3 is 2.61 bits per heavy atom. The van der Waals surface area contributed by atoms with E-state index in [-0.39, 0.29) is 12.3 Å². The largest absolute Gasteiger partial charge is 0.497 e. The summed E-state index contributed by atoms with van der Waals surface area (Å²) in [5.74, 6) is 2.22. The highest BCUT2D eigenvalue weighted by Gasteiger charge is 2.19. The molecule has 144 valence electrons. The number of fused-ring (bicyclic) bond motifs is 1.